The quantitative estimate of drug-likeness (QED) is 0.942. The molecule has 0 saturated heterocycles. The van der Waals surface area contributed by atoms with E-state index >= 15 is 0 Å². The molecule has 0 aliphatic carbocycles. The molecule has 0 atom stereocenters. The molecule has 0 saturated carbocycles. The molecule has 0 radical (unpaired) electrons. The second-order valence-electron chi connectivity index (χ2n) is 3.30. The molecule has 0 fully saturated rings. The zero-order valence-corrected chi connectivity index (χ0v) is 10.2. The molecule has 2 aromatic rings. The molecule has 1 N–H and O–H groups in total. The monoisotopic (exact) mass is 284 g/mol. The zero-order valence-electron chi connectivity index (χ0n) is 8.63. The molecular weight excluding hydrogens is 275 g/mol. The van der Waals surface area contributed by atoms with Crippen molar-refractivity contribution in [3.63, 3.8) is 0 Å². The van der Waals surface area contributed by atoms with Crippen molar-refractivity contribution < 1.29 is 8.81 Å². The van der Waals surface area contributed by atoms with Gasteiger partial charge in [-0.2, -0.15) is 0 Å². The van der Waals surface area contributed by atoms with E-state index in [4.69, 9.17) is 4.42 Å². The van der Waals surface area contributed by atoms with Crippen LogP contribution in [0.3, 0.4) is 0 Å². The van der Waals surface area contributed by atoms with E-state index in [2.05, 4.69) is 26.2 Å². The summed E-state index contributed by atoms with van der Waals surface area (Å²) in [6.07, 6.45) is 1.58. The van der Waals surface area contributed by atoms with E-state index in [1.165, 1.54) is 12.1 Å². The first kappa shape index (κ1) is 11.3. The highest BCUT2D eigenvalue weighted by Gasteiger charge is 2.10. The van der Waals surface area contributed by atoms with Gasteiger partial charge in [-0.3, -0.25) is 0 Å². The molecule has 2 rings (SSSR count). The average Bonchev–Trinajstić information content (AvgIpc) is 2.67. The number of halogens is 2. The number of hydrogen-bond donors (Lipinski definition) is 1. The van der Waals surface area contributed by atoms with Gasteiger partial charge in [0.15, 0.2) is 0 Å². The minimum atomic E-state index is -0.294. The Balaban J connectivity index is 2.35. The van der Waals surface area contributed by atoms with Crippen LogP contribution in [0.4, 0.5) is 4.39 Å². The largest absolute Gasteiger partial charge is 0.444 e. The fraction of sp³-hybridized carbons (Fsp3) is 0.182. The van der Waals surface area contributed by atoms with Crippen LogP contribution in [0, 0.1) is 5.82 Å². The summed E-state index contributed by atoms with van der Waals surface area (Å²) < 4.78 is 18.8. The second-order valence-corrected chi connectivity index (χ2v) is 4.15. The van der Waals surface area contributed by atoms with E-state index in [-0.39, 0.29) is 5.82 Å². The molecule has 1 heterocycles. The second kappa shape index (κ2) is 4.76. The van der Waals surface area contributed by atoms with E-state index in [1.54, 1.807) is 12.3 Å². The van der Waals surface area contributed by atoms with Crippen LogP contribution >= 0.6 is 15.9 Å². The van der Waals surface area contributed by atoms with Gasteiger partial charge < -0.3 is 9.73 Å². The summed E-state index contributed by atoms with van der Waals surface area (Å²) in [6.45, 7) is 0.641. The Morgan fingerprint density at radius 3 is 3.00 bits per heavy atom. The summed E-state index contributed by atoms with van der Waals surface area (Å²) in [4.78, 5) is 4.28. The SMILES string of the molecule is CNCc1coc(-c2ccc(F)cc2Br)n1. The fourth-order valence-corrected chi connectivity index (χ4v) is 1.88. The van der Waals surface area contributed by atoms with Gasteiger partial charge in [0.2, 0.25) is 5.89 Å². The topological polar surface area (TPSA) is 38.1 Å². The van der Waals surface area contributed by atoms with Gasteiger partial charge in [-0.1, -0.05) is 0 Å². The third kappa shape index (κ3) is 2.31. The van der Waals surface area contributed by atoms with Gasteiger partial charge in [0.05, 0.1) is 11.3 Å². The molecule has 5 heteroatoms. The smallest absolute Gasteiger partial charge is 0.227 e. The Morgan fingerprint density at radius 2 is 2.31 bits per heavy atom. The summed E-state index contributed by atoms with van der Waals surface area (Å²) in [5.41, 5.74) is 1.55. The first-order chi connectivity index (χ1) is 7.70. The Hall–Kier alpha value is -1.20. The van der Waals surface area contributed by atoms with E-state index in [1.807, 2.05) is 7.05 Å². The van der Waals surface area contributed by atoms with Crippen LogP contribution in [-0.2, 0) is 6.54 Å². The number of aromatic nitrogens is 1. The number of nitrogens with zero attached hydrogens (tertiary/aromatic N) is 1. The molecule has 3 nitrogen and oxygen atoms in total. The summed E-state index contributed by atoms with van der Waals surface area (Å²) >= 11 is 3.28. The van der Waals surface area contributed by atoms with Crippen LogP contribution < -0.4 is 5.32 Å². The van der Waals surface area contributed by atoms with E-state index in [9.17, 15) is 4.39 Å². The van der Waals surface area contributed by atoms with Crippen molar-refractivity contribution in [2.75, 3.05) is 7.05 Å². The van der Waals surface area contributed by atoms with Crippen molar-refractivity contribution in [1.82, 2.24) is 10.3 Å². The Labute approximate surface area is 101 Å². The average molecular weight is 285 g/mol. The number of benzene rings is 1. The molecule has 16 heavy (non-hydrogen) atoms. The Bertz CT molecular complexity index is 498. The normalized spacial score (nSPS) is 10.7. The highest BCUT2D eigenvalue weighted by molar-refractivity contribution is 9.10. The number of rotatable bonds is 3. The minimum Gasteiger partial charge on any atom is -0.444 e. The minimum absolute atomic E-state index is 0.294. The van der Waals surface area contributed by atoms with Crippen molar-refractivity contribution >= 4 is 15.9 Å². The first-order valence-electron chi connectivity index (χ1n) is 4.75. The van der Waals surface area contributed by atoms with Gasteiger partial charge in [-0.05, 0) is 41.2 Å². The van der Waals surface area contributed by atoms with Crippen molar-refractivity contribution in [2.45, 2.75) is 6.54 Å². The summed E-state index contributed by atoms with van der Waals surface area (Å²) in [7, 11) is 1.84. The van der Waals surface area contributed by atoms with Crippen LogP contribution in [-0.4, -0.2) is 12.0 Å². The molecule has 0 aliphatic heterocycles. The standard InChI is InChI=1S/C11H10BrFN2O/c1-14-5-8-6-16-11(15-8)9-3-2-7(13)4-10(9)12/h2-4,6,14H,5H2,1H3. The molecule has 84 valence electrons. The molecule has 1 aromatic carbocycles. The number of hydrogen-bond acceptors (Lipinski definition) is 3. The molecule has 0 bridgehead atoms. The summed E-state index contributed by atoms with van der Waals surface area (Å²) in [5.74, 6) is 0.190. The van der Waals surface area contributed by atoms with E-state index in [0.29, 0.717) is 16.9 Å². The third-order valence-corrected chi connectivity index (χ3v) is 2.73. The molecule has 0 amide bonds. The van der Waals surface area contributed by atoms with Crippen molar-refractivity contribution in [1.29, 1.82) is 0 Å². The highest BCUT2D eigenvalue weighted by Crippen LogP contribution is 2.28. The van der Waals surface area contributed by atoms with Gasteiger partial charge in [0, 0.05) is 11.0 Å². The zero-order chi connectivity index (χ0) is 11.5. The lowest BCUT2D eigenvalue weighted by atomic mass is 10.2. The summed E-state index contributed by atoms with van der Waals surface area (Å²) in [5, 5.41) is 2.98. The lowest BCUT2D eigenvalue weighted by molar-refractivity contribution is 0.570. The predicted octanol–water partition coefficient (Wildman–Crippen LogP) is 2.96. The van der Waals surface area contributed by atoms with Crippen LogP contribution in [0.2, 0.25) is 0 Å². The van der Waals surface area contributed by atoms with Crippen molar-refractivity contribution in [3.05, 3.63) is 40.4 Å². The van der Waals surface area contributed by atoms with Crippen molar-refractivity contribution in [2.24, 2.45) is 0 Å². The van der Waals surface area contributed by atoms with Gasteiger partial charge in [-0.25, -0.2) is 9.37 Å². The summed E-state index contributed by atoms with van der Waals surface area (Å²) in [6, 6.07) is 4.40. The molecular formula is C11H10BrFN2O. The van der Waals surface area contributed by atoms with E-state index in [0.717, 1.165) is 11.3 Å². The van der Waals surface area contributed by atoms with Crippen LogP contribution in [0.1, 0.15) is 5.69 Å². The van der Waals surface area contributed by atoms with Gasteiger partial charge in [0.1, 0.15) is 12.1 Å². The number of nitrogens with one attached hydrogen (secondary N) is 1. The Kier molecular flexibility index (Phi) is 3.36. The third-order valence-electron chi connectivity index (χ3n) is 2.07. The van der Waals surface area contributed by atoms with Gasteiger partial charge in [0.25, 0.3) is 0 Å². The predicted molar refractivity (Wildman–Crippen MR) is 62.4 cm³/mol. The van der Waals surface area contributed by atoms with Gasteiger partial charge in [-0.15, -0.1) is 0 Å². The lowest BCUT2D eigenvalue weighted by Gasteiger charge is -1.99. The van der Waals surface area contributed by atoms with Crippen molar-refractivity contribution in [3.8, 4) is 11.5 Å². The number of oxazole rings is 1. The molecule has 0 aliphatic rings. The van der Waals surface area contributed by atoms with Crippen LogP contribution in [0.15, 0.2) is 33.4 Å². The maximum atomic E-state index is 12.9. The molecule has 0 spiro atoms. The van der Waals surface area contributed by atoms with Crippen LogP contribution in [0.5, 0.6) is 0 Å². The maximum Gasteiger partial charge on any atom is 0.227 e. The van der Waals surface area contributed by atoms with Crippen LogP contribution in [0.25, 0.3) is 11.5 Å². The fourth-order valence-electron chi connectivity index (χ4n) is 1.36. The Morgan fingerprint density at radius 1 is 1.50 bits per heavy atom. The van der Waals surface area contributed by atoms with Gasteiger partial charge >= 0.3 is 0 Å². The molecule has 1 aromatic heterocycles. The maximum absolute atomic E-state index is 12.9. The van der Waals surface area contributed by atoms with E-state index < -0.39 is 0 Å². The lowest BCUT2D eigenvalue weighted by Crippen LogP contribution is -2.04. The highest BCUT2D eigenvalue weighted by atomic mass is 79.9. The molecule has 0 unspecified atom stereocenters. The first-order valence-corrected chi connectivity index (χ1v) is 5.54.